The summed E-state index contributed by atoms with van der Waals surface area (Å²) in [6, 6.07) is 6.77. The highest BCUT2D eigenvalue weighted by Crippen LogP contribution is 2.23. The molecule has 1 aromatic carbocycles. The molecule has 1 unspecified atom stereocenters. The molecule has 0 saturated heterocycles. The number of aryl methyl sites for hydroxylation is 2. The fourth-order valence-corrected chi connectivity index (χ4v) is 3.82. The van der Waals surface area contributed by atoms with Gasteiger partial charge in [0.05, 0.1) is 6.54 Å². The Balaban J connectivity index is 2.01. The zero-order chi connectivity index (χ0) is 14.5. The van der Waals surface area contributed by atoms with Crippen molar-refractivity contribution >= 4 is 17.5 Å². The summed E-state index contributed by atoms with van der Waals surface area (Å²) < 4.78 is 0. The first-order valence-corrected chi connectivity index (χ1v) is 8.89. The van der Waals surface area contributed by atoms with E-state index in [2.05, 4.69) is 37.3 Å². The molecule has 1 aliphatic rings. The zero-order valence-electron chi connectivity index (χ0n) is 12.8. The fourth-order valence-electron chi connectivity index (χ4n) is 2.94. The minimum absolute atomic E-state index is 0.252. The third kappa shape index (κ3) is 3.64. The van der Waals surface area contributed by atoms with Crippen LogP contribution in [0.1, 0.15) is 41.3 Å². The number of carbonyl (C=O) groups is 1. The lowest BCUT2D eigenvalue weighted by Gasteiger charge is -2.25. The molecule has 0 saturated carbocycles. The van der Waals surface area contributed by atoms with E-state index in [0.717, 1.165) is 24.2 Å². The zero-order valence-corrected chi connectivity index (χ0v) is 13.6. The van der Waals surface area contributed by atoms with Crippen molar-refractivity contribution in [3.8, 4) is 0 Å². The summed E-state index contributed by atoms with van der Waals surface area (Å²) >= 11 is 1.85. The van der Waals surface area contributed by atoms with Crippen LogP contribution in [0.15, 0.2) is 18.2 Å². The molecule has 0 spiro atoms. The smallest absolute Gasteiger partial charge is 0.176 e. The van der Waals surface area contributed by atoms with E-state index in [1.54, 1.807) is 0 Å². The number of fused-ring (bicyclic) bond motifs is 1. The summed E-state index contributed by atoms with van der Waals surface area (Å²) in [5, 5.41) is 0. The number of hydrogen-bond acceptors (Lipinski definition) is 3. The maximum atomic E-state index is 12.4. The Morgan fingerprint density at radius 3 is 2.80 bits per heavy atom. The predicted octanol–water partition coefficient (Wildman–Crippen LogP) is 3.43. The minimum atomic E-state index is 0.252. The van der Waals surface area contributed by atoms with Gasteiger partial charge in [-0.15, -0.1) is 0 Å². The van der Waals surface area contributed by atoms with Gasteiger partial charge in [-0.1, -0.05) is 19.1 Å². The predicted molar refractivity (Wildman–Crippen MR) is 87.9 cm³/mol. The van der Waals surface area contributed by atoms with Gasteiger partial charge < -0.3 is 0 Å². The van der Waals surface area contributed by atoms with Crippen LogP contribution in [-0.4, -0.2) is 42.3 Å². The van der Waals surface area contributed by atoms with E-state index >= 15 is 0 Å². The molecule has 1 aromatic rings. The highest BCUT2D eigenvalue weighted by Gasteiger charge is 2.18. The van der Waals surface area contributed by atoms with Gasteiger partial charge in [-0.3, -0.25) is 9.69 Å². The van der Waals surface area contributed by atoms with Crippen molar-refractivity contribution in [3.63, 3.8) is 0 Å². The highest BCUT2D eigenvalue weighted by molar-refractivity contribution is 7.98. The Morgan fingerprint density at radius 2 is 2.10 bits per heavy atom. The molecule has 20 heavy (non-hydrogen) atoms. The number of rotatable bonds is 7. The summed E-state index contributed by atoms with van der Waals surface area (Å²) in [5.74, 6) is 1.34. The molecule has 0 aliphatic heterocycles. The number of thioether (sulfide) groups is 1. The monoisotopic (exact) mass is 291 g/mol. The Hall–Kier alpha value is -0.800. The van der Waals surface area contributed by atoms with Crippen molar-refractivity contribution in [2.75, 3.05) is 25.6 Å². The highest BCUT2D eigenvalue weighted by atomic mass is 32.2. The first-order chi connectivity index (χ1) is 9.65. The molecule has 3 heteroatoms. The van der Waals surface area contributed by atoms with E-state index in [-0.39, 0.29) is 5.78 Å². The maximum absolute atomic E-state index is 12.4. The van der Waals surface area contributed by atoms with Gasteiger partial charge in [-0.05, 0) is 56.2 Å². The van der Waals surface area contributed by atoms with Crippen LogP contribution >= 0.6 is 11.8 Å². The number of ketones is 1. The molecule has 0 heterocycles. The number of nitrogens with zero attached hydrogens (tertiary/aromatic N) is 1. The van der Waals surface area contributed by atoms with Crippen molar-refractivity contribution in [1.82, 2.24) is 4.90 Å². The molecular weight excluding hydrogens is 266 g/mol. The number of benzene rings is 1. The second kappa shape index (κ2) is 7.28. The molecule has 1 atom stereocenters. The van der Waals surface area contributed by atoms with Crippen LogP contribution in [0, 0.1) is 0 Å². The second-order valence-electron chi connectivity index (χ2n) is 5.69. The topological polar surface area (TPSA) is 20.3 Å². The standard InChI is InChI=1S/C17H25NOS/c1-4-16(12-20-3)18(2)11-17(19)15-9-8-13-6-5-7-14(13)10-15/h8-10,16H,4-7,11-12H2,1-3H3. The quantitative estimate of drug-likeness (QED) is 0.718. The van der Waals surface area contributed by atoms with Crippen molar-refractivity contribution in [2.24, 2.45) is 0 Å². The summed E-state index contributed by atoms with van der Waals surface area (Å²) in [4.78, 5) is 14.6. The van der Waals surface area contributed by atoms with E-state index in [1.165, 1.54) is 24.0 Å². The Kier molecular flexibility index (Phi) is 5.67. The van der Waals surface area contributed by atoms with Gasteiger partial charge >= 0.3 is 0 Å². The van der Waals surface area contributed by atoms with E-state index in [9.17, 15) is 4.79 Å². The van der Waals surface area contributed by atoms with Crippen LogP contribution in [0.25, 0.3) is 0 Å². The van der Waals surface area contributed by atoms with E-state index in [1.807, 2.05) is 17.8 Å². The van der Waals surface area contributed by atoms with E-state index in [0.29, 0.717) is 12.6 Å². The molecule has 0 aromatic heterocycles. The van der Waals surface area contributed by atoms with Gasteiger partial charge in [0.1, 0.15) is 0 Å². The SMILES string of the molecule is CCC(CSC)N(C)CC(=O)c1ccc2c(c1)CCC2. The van der Waals surface area contributed by atoms with Crippen LogP contribution < -0.4 is 0 Å². The molecule has 1 aliphatic carbocycles. The normalized spacial score (nSPS) is 15.4. The van der Waals surface area contributed by atoms with Crippen LogP contribution in [-0.2, 0) is 12.8 Å². The first-order valence-electron chi connectivity index (χ1n) is 7.49. The van der Waals surface area contributed by atoms with Gasteiger partial charge in [0.15, 0.2) is 5.78 Å². The molecule has 110 valence electrons. The van der Waals surface area contributed by atoms with Gasteiger partial charge in [0.25, 0.3) is 0 Å². The summed E-state index contributed by atoms with van der Waals surface area (Å²) in [6.07, 6.45) is 6.76. The molecule has 0 amide bonds. The van der Waals surface area contributed by atoms with Crippen LogP contribution in [0.2, 0.25) is 0 Å². The van der Waals surface area contributed by atoms with Gasteiger partial charge in [-0.25, -0.2) is 0 Å². The van der Waals surface area contributed by atoms with E-state index in [4.69, 9.17) is 0 Å². The largest absolute Gasteiger partial charge is 0.295 e. The lowest BCUT2D eigenvalue weighted by molar-refractivity contribution is 0.0925. The molecule has 2 rings (SSSR count). The Morgan fingerprint density at radius 1 is 1.35 bits per heavy atom. The Labute approximate surface area is 126 Å². The van der Waals surface area contributed by atoms with Gasteiger partial charge in [0, 0.05) is 17.4 Å². The van der Waals surface area contributed by atoms with Crippen LogP contribution in [0.5, 0.6) is 0 Å². The number of likely N-dealkylation sites (N-methyl/N-ethyl adjacent to an activating group) is 1. The number of hydrogen-bond donors (Lipinski definition) is 0. The lowest BCUT2D eigenvalue weighted by atomic mass is 10.0. The van der Waals surface area contributed by atoms with Crippen LogP contribution in [0.3, 0.4) is 0 Å². The van der Waals surface area contributed by atoms with Crippen molar-refractivity contribution in [1.29, 1.82) is 0 Å². The van der Waals surface area contributed by atoms with Gasteiger partial charge in [0.2, 0.25) is 0 Å². The summed E-state index contributed by atoms with van der Waals surface area (Å²) in [5.41, 5.74) is 3.70. The summed E-state index contributed by atoms with van der Waals surface area (Å²) in [7, 11) is 2.07. The fraction of sp³-hybridized carbons (Fsp3) is 0.588. The first kappa shape index (κ1) is 15.6. The second-order valence-corrected chi connectivity index (χ2v) is 6.60. The molecule has 0 radical (unpaired) electrons. The average Bonchev–Trinajstić information content (AvgIpc) is 2.91. The molecular formula is C17H25NOS. The molecule has 0 fully saturated rings. The van der Waals surface area contributed by atoms with Crippen LogP contribution in [0.4, 0.5) is 0 Å². The van der Waals surface area contributed by atoms with E-state index < -0.39 is 0 Å². The Bertz CT molecular complexity index is 472. The van der Waals surface area contributed by atoms with Gasteiger partial charge in [-0.2, -0.15) is 11.8 Å². The summed E-state index contributed by atoms with van der Waals surface area (Å²) in [6.45, 7) is 2.72. The van der Waals surface area contributed by atoms with Crippen molar-refractivity contribution < 1.29 is 4.79 Å². The molecule has 2 nitrogen and oxygen atoms in total. The maximum Gasteiger partial charge on any atom is 0.176 e. The van der Waals surface area contributed by atoms with Crippen molar-refractivity contribution in [3.05, 3.63) is 34.9 Å². The third-order valence-corrected chi connectivity index (χ3v) is 4.99. The minimum Gasteiger partial charge on any atom is -0.295 e. The molecule has 0 bridgehead atoms. The average molecular weight is 291 g/mol. The molecule has 0 N–H and O–H groups in total. The number of carbonyl (C=O) groups excluding carboxylic acids is 1. The van der Waals surface area contributed by atoms with Crippen molar-refractivity contribution in [2.45, 2.75) is 38.6 Å². The lowest BCUT2D eigenvalue weighted by Crippen LogP contribution is -2.37. The number of Topliss-reactive ketones (excluding diaryl/α,β-unsaturated/α-hetero) is 1. The third-order valence-electron chi connectivity index (χ3n) is 4.27.